The molecule has 1 fully saturated rings. The monoisotopic (exact) mass is 277 g/mol. The Morgan fingerprint density at radius 1 is 1.62 bits per heavy atom. The average molecular weight is 278 g/mol. The first-order valence-electron chi connectivity index (χ1n) is 5.06. The van der Waals surface area contributed by atoms with Crippen molar-refractivity contribution in [1.29, 1.82) is 0 Å². The van der Waals surface area contributed by atoms with Crippen LogP contribution in [-0.2, 0) is 11.3 Å². The second kappa shape index (κ2) is 3.90. The summed E-state index contributed by atoms with van der Waals surface area (Å²) in [5.41, 5.74) is 0.579. The molecule has 2 nitrogen and oxygen atoms in total. The van der Waals surface area contributed by atoms with E-state index in [4.69, 9.17) is 23.2 Å². The zero-order valence-corrected chi connectivity index (χ0v) is 11.5. The van der Waals surface area contributed by atoms with Crippen molar-refractivity contribution < 1.29 is 4.79 Å². The Hall–Kier alpha value is -0.250. The summed E-state index contributed by atoms with van der Waals surface area (Å²) < 4.78 is -0.887. The van der Waals surface area contributed by atoms with Crippen LogP contribution >= 0.6 is 34.5 Å². The van der Waals surface area contributed by atoms with Crippen LogP contribution in [0.4, 0.5) is 0 Å². The van der Waals surface area contributed by atoms with Crippen molar-refractivity contribution in [3.8, 4) is 0 Å². The first-order chi connectivity index (χ1) is 7.37. The fourth-order valence-corrected chi connectivity index (χ4v) is 3.14. The summed E-state index contributed by atoms with van der Waals surface area (Å²) in [6.07, 6.45) is 0.526. The molecule has 1 atom stereocenters. The van der Waals surface area contributed by atoms with Crippen LogP contribution in [0.1, 0.15) is 23.8 Å². The van der Waals surface area contributed by atoms with Crippen LogP contribution in [0.25, 0.3) is 0 Å². The van der Waals surface area contributed by atoms with Gasteiger partial charge in [0.05, 0.1) is 12.0 Å². The fraction of sp³-hybridized carbons (Fsp3) is 0.545. The number of nitrogens with one attached hydrogen (secondary N) is 1. The molecule has 1 aromatic rings. The van der Waals surface area contributed by atoms with Crippen LogP contribution < -0.4 is 5.32 Å². The number of alkyl halides is 2. The summed E-state index contributed by atoms with van der Waals surface area (Å²) in [5, 5.41) is 4.90. The van der Waals surface area contributed by atoms with Crippen LogP contribution in [-0.4, -0.2) is 10.2 Å². The number of amides is 1. The molecule has 1 aromatic heterocycles. The van der Waals surface area contributed by atoms with Gasteiger partial charge >= 0.3 is 0 Å². The van der Waals surface area contributed by atoms with Gasteiger partial charge in [-0.3, -0.25) is 4.79 Å². The largest absolute Gasteiger partial charge is 0.351 e. The van der Waals surface area contributed by atoms with Crippen LogP contribution in [0.15, 0.2) is 11.4 Å². The van der Waals surface area contributed by atoms with Gasteiger partial charge in [0, 0.05) is 4.88 Å². The summed E-state index contributed by atoms with van der Waals surface area (Å²) in [6, 6.07) is 2.04. The molecule has 5 heteroatoms. The van der Waals surface area contributed by atoms with Crippen molar-refractivity contribution in [1.82, 2.24) is 5.32 Å². The number of carbonyl (C=O) groups is 1. The van der Waals surface area contributed by atoms with Crippen molar-refractivity contribution in [2.45, 2.75) is 31.1 Å². The molecule has 0 radical (unpaired) electrons. The lowest BCUT2D eigenvalue weighted by atomic mass is 10.1. The summed E-state index contributed by atoms with van der Waals surface area (Å²) in [7, 11) is 0. The Bertz CT molecular complexity index is 429. The topological polar surface area (TPSA) is 29.1 Å². The van der Waals surface area contributed by atoms with E-state index in [1.54, 1.807) is 18.3 Å². The zero-order valence-electron chi connectivity index (χ0n) is 9.14. The van der Waals surface area contributed by atoms with Gasteiger partial charge in [0.1, 0.15) is 4.33 Å². The van der Waals surface area contributed by atoms with E-state index in [2.05, 4.69) is 5.32 Å². The highest BCUT2D eigenvalue weighted by Crippen LogP contribution is 2.63. The van der Waals surface area contributed by atoms with E-state index in [0.717, 1.165) is 0 Å². The number of halogens is 2. The van der Waals surface area contributed by atoms with E-state index in [1.165, 1.54) is 10.4 Å². The molecule has 16 heavy (non-hydrogen) atoms. The molecule has 0 saturated heterocycles. The highest BCUT2D eigenvalue weighted by molar-refractivity contribution is 7.10. The predicted octanol–water partition coefficient (Wildman–Crippen LogP) is 3.26. The average Bonchev–Trinajstić information content (AvgIpc) is 2.57. The van der Waals surface area contributed by atoms with Crippen molar-refractivity contribution in [3.63, 3.8) is 0 Å². The van der Waals surface area contributed by atoms with Crippen LogP contribution in [0.3, 0.4) is 0 Å². The molecule has 1 N–H and O–H groups in total. The minimum atomic E-state index is -0.887. The van der Waals surface area contributed by atoms with Crippen LogP contribution in [0.5, 0.6) is 0 Å². The third-order valence-electron chi connectivity index (χ3n) is 3.14. The molecule has 0 aliphatic heterocycles. The Balaban J connectivity index is 1.93. The number of rotatable bonds is 3. The quantitative estimate of drug-likeness (QED) is 0.845. The number of aryl methyl sites for hydroxylation is 1. The Kier molecular flexibility index (Phi) is 2.97. The molecular formula is C11H13Cl2NOS. The van der Waals surface area contributed by atoms with E-state index in [1.807, 2.05) is 18.4 Å². The van der Waals surface area contributed by atoms with Crippen molar-refractivity contribution in [2.75, 3.05) is 0 Å². The van der Waals surface area contributed by atoms with E-state index < -0.39 is 9.75 Å². The lowest BCUT2D eigenvalue weighted by Gasteiger charge is -2.12. The van der Waals surface area contributed by atoms with Gasteiger partial charge in [-0.15, -0.1) is 34.5 Å². The van der Waals surface area contributed by atoms with Gasteiger partial charge < -0.3 is 5.32 Å². The third kappa shape index (κ3) is 1.96. The van der Waals surface area contributed by atoms with Crippen LogP contribution in [0, 0.1) is 12.3 Å². The predicted molar refractivity (Wildman–Crippen MR) is 68.1 cm³/mol. The van der Waals surface area contributed by atoms with E-state index in [0.29, 0.717) is 13.0 Å². The minimum absolute atomic E-state index is 0.0645. The number of thiophene rings is 1. The second-order valence-corrected chi connectivity index (χ2v) is 6.91. The van der Waals surface area contributed by atoms with E-state index >= 15 is 0 Å². The molecular weight excluding hydrogens is 265 g/mol. The highest BCUT2D eigenvalue weighted by atomic mass is 35.5. The smallest absolute Gasteiger partial charge is 0.229 e. The first kappa shape index (κ1) is 12.2. The van der Waals surface area contributed by atoms with E-state index in [-0.39, 0.29) is 5.91 Å². The molecule has 2 rings (SSSR count). The van der Waals surface area contributed by atoms with Gasteiger partial charge in [-0.05, 0) is 37.3 Å². The number of carbonyl (C=O) groups excluding carboxylic acids is 1. The normalized spacial score (nSPS) is 26.5. The highest BCUT2D eigenvalue weighted by Gasteiger charge is 2.67. The van der Waals surface area contributed by atoms with Gasteiger partial charge in [-0.25, -0.2) is 0 Å². The molecule has 1 heterocycles. The molecule has 0 bridgehead atoms. The van der Waals surface area contributed by atoms with Gasteiger partial charge in [0.15, 0.2) is 0 Å². The van der Waals surface area contributed by atoms with Crippen molar-refractivity contribution in [3.05, 3.63) is 21.9 Å². The standard InChI is InChI=1S/C11H13Cl2NOS/c1-7-3-4-16-8(7)5-14-9(15)10(2)6-11(10,12)13/h3-4H,5-6H2,1-2H3,(H,14,15)/t10-/m0/s1. The molecule has 1 aliphatic rings. The zero-order chi connectivity index (χ0) is 12.0. The summed E-state index contributed by atoms with van der Waals surface area (Å²) >= 11 is 13.5. The maximum Gasteiger partial charge on any atom is 0.229 e. The second-order valence-electron chi connectivity index (χ2n) is 4.42. The Morgan fingerprint density at radius 3 is 2.69 bits per heavy atom. The molecule has 0 unspecified atom stereocenters. The van der Waals surface area contributed by atoms with Crippen molar-refractivity contribution >= 4 is 40.4 Å². The SMILES string of the molecule is Cc1ccsc1CNC(=O)[C@]1(C)CC1(Cl)Cl. The van der Waals surface area contributed by atoms with Gasteiger partial charge in [0.2, 0.25) is 5.91 Å². The lowest BCUT2D eigenvalue weighted by Crippen LogP contribution is -2.32. The van der Waals surface area contributed by atoms with Crippen molar-refractivity contribution in [2.24, 2.45) is 5.41 Å². The summed E-state index contributed by atoms with van der Waals surface area (Å²) in [5.74, 6) is -0.0645. The fourth-order valence-electron chi connectivity index (χ4n) is 1.59. The van der Waals surface area contributed by atoms with Gasteiger partial charge in [-0.1, -0.05) is 0 Å². The molecule has 1 amide bonds. The first-order valence-corrected chi connectivity index (χ1v) is 6.69. The molecule has 0 aromatic carbocycles. The maximum absolute atomic E-state index is 11.9. The summed E-state index contributed by atoms with van der Waals surface area (Å²) in [6.45, 7) is 4.38. The molecule has 1 saturated carbocycles. The Morgan fingerprint density at radius 2 is 2.25 bits per heavy atom. The molecule has 1 aliphatic carbocycles. The number of hydrogen-bond donors (Lipinski definition) is 1. The van der Waals surface area contributed by atoms with Gasteiger partial charge in [0.25, 0.3) is 0 Å². The minimum Gasteiger partial charge on any atom is -0.351 e. The van der Waals surface area contributed by atoms with Gasteiger partial charge in [-0.2, -0.15) is 0 Å². The lowest BCUT2D eigenvalue weighted by molar-refractivity contribution is -0.125. The third-order valence-corrected chi connectivity index (χ3v) is 5.26. The van der Waals surface area contributed by atoms with Crippen LogP contribution in [0.2, 0.25) is 0 Å². The summed E-state index contributed by atoms with van der Waals surface area (Å²) in [4.78, 5) is 13.0. The maximum atomic E-state index is 11.9. The van der Waals surface area contributed by atoms with E-state index in [9.17, 15) is 4.79 Å². The Labute approximate surface area is 109 Å². The number of hydrogen-bond acceptors (Lipinski definition) is 2. The molecule has 88 valence electrons. The molecule has 0 spiro atoms.